The summed E-state index contributed by atoms with van der Waals surface area (Å²) in [6.45, 7) is 5.31. The predicted molar refractivity (Wildman–Crippen MR) is 96.9 cm³/mol. The van der Waals surface area contributed by atoms with Crippen LogP contribution in [0.5, 0.6) is 5.75 Å². The average molecular weight is 369 g/mol. The summed E-state index contributed by atoms with van der Waals surface area (Å²) in [6.07, 6.45) is 2.22. The number of likely N-dealkylation sites (tertiary alicyclic amines) is 1. The van der Waals surface area contributed by atoms with Crippen LogP contribution in [0.25, 0.3) is 0 Å². The molecule has 1 heterocycles. The van der Waals surface area contributed by atoms with Crippen molar-refractivity contribution in [3.8, 4) is 5.75 Å². The molecule has 0 aliphatic carbocycles. The third kappa shape index (κ3) is 4.31. The number of carbonyl (C=O) groups is 1. The van der Waals surface area contributed by atoms with E-state index in [0.717, 1.165) is 25.9 Å². The Hall–Kier alpha value is -1.64. The molecule has 0 aromatic heterocycles. The maximum absolute atomic E-state index is 12.7. The summed E-state index contributed by atoms with van der Waals surface area (Å²) in [6, 6.07) is 6.56. The van der Waals surface area contributed by atoms with Crippen LogP contribution >= 0.6 is 0 Å². The van der Waals surface area contributed by atoms with Gasteiger partial charge in [0.15, 0.2) is 0 Å². The molecule has 1 aliphatic rings. The van der Waals surface area contributed by atoms with Gasteiger partial charge in [-0.3, -0.25) is 4.79 Å². The lowest BCUT2D eigenvalue weighted by molar-refractivity contribution is 0.0977. The lowest BCUT2D eigenvalue weighted by atomic mass is 10.1. The Morgan fingerprint density at radius 3 is 2.76 bits per heavy atom. The highest BCUT2D eigenvalue weighted by Gasteiger charge is 2.41. The van der Waals surface area contributed by atoms with Gasteiger partial charge in [-0.2, -0.15) is 0 Å². The number of nitrogens with two attached hydrogens (primary N) is 1. The third-order valence-electron chi connectivity index (χ3n) is 4.74. The van der Waals surface area contributed by atoms with E-state index in [1.807, 2.05) is 6.92 Å². The van der Waals surface area contributed by atoms with Crippen molar-refractivity contribution in [2.45, 2.75) is 44.0 Å². The zero-order chi connectivity index (χ0) is 18.7. The minimum Gasteiger partial charge on any atom is -0.496 e. The Morgan fingerprint density at radius 1 is 1.44 bits per heavy atom. The fourth-order valence-corrected chi connectivity index (χ4v) is 4.24. The van der Waals surface area contributed by atoms with Crippen LogP contribution in [-0.4, -0.2) is 50.3 Å². The number of amides is 1. The summed E-state index contributed by atoms with van der Waals surface area (Å²) in [5.41, 5.74) is 6.28. The van der Waals surface area contributed by atoms with Crippen LogP contribution in [0.2, 0.25) is 0 Å². The lowest BCUT2D eigenvalue weighted by Gasteiger charge is -2.31. The molecule has 8 heteroatoms. The first-order valence-electron chi connectivity index (χ1n) is 8.44. The number of methoxy groups -OCH3 is 1. The van der Waals surface area contributed by atoms with Gasteiger partial charge >= 0.3 is 0 Å². The number of ether oxygens (including phenoxy) is 1. The van der Waals surface area contributed by atoms with Crippen molar-refractivity contribution in [1.82, 2.24) is 9.62 Å². The van der Waals surface area contributed by atoms with Crippen molar-refractivity contribution in [3.05, 3.63) is 29.8 Å². The SMILES string of the molecule is CCN1CCCC1CC(C)(N)S(=O)(=O)NC(=O)c1ccccc1OC. The van der Waals surface area contributed by atoms with E-state index in [0.29, 0.717) is 5.75 Å². The van der Waals surface area contributed by atoms with Crippen molar-refractivity contribution < 1.29 is 17.9 Å². The summed E-state index contributed by atoms with van der Waals surface area (Å²) in [5.74, 6) is -0.435. The van der Waals surface area contributed by atoms with E-state index < -0.39 is 20.8 Å². The van der Waals surface area contributed by atoms with Gasteiger partial charge in [0.2, 0.25) is 0 Å². The summed E-state index contributed by atoms with van der Waals surface area (Å²) >= 11 is 0. The Balaban J connectivity index is 2.15. The first-order chi connectivity index (χ1) is 11.7. The Bertz CT molecular complexity index is 718. The summed E-state index contributed by atoms with van der Waals surface area (Å²) in [4.78, 5) is 13.1. The lowest BCUT2D eigenvalue weighted by Crippen LogP contribution is -2.55. The van der Waals surface area contributed by atoms with Crippen LogP contribution in [-0.2, 0) is 10.0 Å². The fraction of sp³-hybridized carbons (Fsp3) is 0.588. The molecule has 1 fully saturated rings. The molecule has 1 saturated heterocycles. The van der Waals surface area contributed by atoms with Crippen LogP contribution in [0, 0.1) is 0 Å². The highest BCUT2D eigenvalue weighted by atomic mass is 32.2. The Kier molecular flexibility index (Phi) is 6.08. The monoisotopic (exact) mass is 369 g/mol. The van der Waals surface area contributed by atoms with E-state index in [-0.39, 0.29) is 18.0 Å². The molecule has 1 aliphatic heterocycles. The molecule has 0 spiro atoms. The second-order valence-electron chi connectivity index (χ2n) is 6.58. The molecule has 25 heavy (non-hydrogen) atoms. The van der Waals surface area contributed by atoms with Crippen molar-refractivity contribution in [1.29, 1.82) is 0 Å². The summed E-state index contributed by atoms with van der Waals surface area (Å²) in [7, 11) is -2.63. The van der Waals surface area contributed by atoms with Gasteiger partial charge in [0.05, 0.1) is 12.7 Å². The molecule has 140 valence electrons. The summed E-state index contributed by atoms with van der Waals surface area (Å²) in [5, 5.41) is 0. The molecule has 0 radical (unpaired) electrons. The van der Waals surface area contributed by atoms with Gasteiger partial charge in [-0.05, 0) is 51.4 Å². The molecule has 1 amide bonds. The van der Waals surface area contributed by atoms with Crippen molar-refractivity contribution in [3.63, 3.8) is 0 Å². The number of carbonyl (C=O) groups excluding carboxylic acids is 1. The first-order valence-corrected chi connectivity index (χ1v) is 9.93. The highest BCUT2D eigenvalue weighted by Crippen LogP contribution is 2.27. The minimum absolute atomic E-state index is 0.109. The molecular formula is C17H27N3O4S. The number of rotatable bonds is 7. The second kappa shape index (κ2) is 7.72. The molecule has 1 aromatic carbocycles. The van der Waals surface area contributed by atoms with Crippen molar-refractivity contribution >= 4 is 15.9 Å². The van der Waals surface area contributed by atoms with Gasteiger partial charge in [-0.25, -0.2) is 13.1 Å². The number of hydrogen-bond donors (Lipinski definition) is 2. The topological polar surface area (TPSA) is 102 Å². The van der Waals surface area contributed by atoms with E-state index in [4.69, 9.17) is 10.5 Å². The normalized spacial score (nSPS) is 20.9. The number of para-hydroxylation sites is 1. The number of sulfonamides is 1. The van der Waals surface area contributed by atoms with Crippen molar-refractivity contribution in [2.24, 2.45) is 5.73 Å². The predicted octanol–water partition coefficient (Wildman–Crippen LogP) is 1.30. The van der Waals surface area contributed by atoms with Gasteiger partial charge in [-0.15, -0.1) is 0 Å². The molecule has 3 N–H and O–H groups in total. The standard InChI is InChI=1S/C17H27N3O4S/c1-4-20-11-7-8-13(20)12-17(2,18)25(22,23)19-16(21)14-9-5-6-10-15(14)24-3/h5-6,9-10,13H,4,7-8,11-12,18H2,1-3H3,(H,19,21). The van der Waals surface area contributed by atoms with E-state index in [2.05, 4.69) is 9.62 Å². The highest BCUT2D eigenvalue weighted by molar-refractivity contribution is 7.91. The number of nitrogens with one attached hydrogen (secondary N) is 1. The molecular weight excluding hydrogens is 342 g/mol. The van der Waals surface area contributed by atoms with E-state index in [1.165, 1.54) is 20.1 Å². The molecule has 1 aromatic rings. The molecule has 0 saturated carbocycles. The zero-order valence-electron chi connectivity index (χ0n) is 15.0. The molecule has 0 bridgehead atoms. The first kappa shape index (κ1) is 19.7. The molecule has 2 atom stereocenters. The van der Waals surface area contributed by atoms with Crippen LogP contribution in [0.15, 0.2) is 24.3 Å². The second-order valence-corrected chi connectivity index (χ2v) is 8.72. The largest absolute Gasteiger partial charge is 0.496 e. The van der Waals surface area contributed by atoms with Gasteiger partial charge in [0.1, 0.15) is 10.6 Å². The number of nitrogens with zero attached hydrogens (tertiary/aromatic N) is 1. The van der Waals surface area contributed by atoms with E-state index in [1.54, 1.807) is 18.2 Å². The number of hydrogen-bond acceptors (Lipinski definition) is 6. The van der Waals surface area contributed by atoms with E-state index >= 15 is 0 Å². The zero-order valence-corrected chi connectivity index (χ0v) is 15.8. The average Bonchev–Trinajstić information content (AvgIpc) is 3.00. The maximum Gasteiger partial charge on any atom is 0.268 e. The Labute approximate surface area is 149 Å². The van der Waals surface area contributed by atoms with Crippen LogP contribution in [0.4, 0.5) is 0 Å². The van der Waals surface area contributed by atoms with Crippen LogP contribution in [0.1, 0.15) is 43.5 Å². The van der Waals surface area contributed by atoms with Gasteiger partial charge in [-0.1, -0.05) is 19.1 Å². The maximum atomic E-state index is 12.7. The quantitative estimate of drug-likeness (QED) is 0.751. The molecule has 2 unspecified atom stereocenters. The van der Waals surface area contributed by atoms with Crippen molar-refractivity contribution in [2.75, 3.05) is 20.2 Å². The smallest absolute Gasteiger partial charge is 0.268 e. The minimum atomic E-state index is -4.06. The van der Waals surface area contributed by atoms with Gasteiger partial charge < -0.3 is 15.4 Å². The summed E-state index contributed by atoms with van der Waals surface area (Å²) < 4.78 is 32.6. The van der Waals surface area contributed by atoms with Crippen LogP contribution < -0.4 is 15.2 Å². The third-order valence-corrected chi connectivity index (χ3v) is 6.59. The van der Waals surface area contributed by atoms with Crippen LogP contribution in [0.3, 0.4) is 0 Å². The number of benzene rings is 1. The molecule has 2 rings (SSSR count). The van der Waals surface area contributed by atoms with Gasteiger partial charge in [0.25, 0.3) is 15.9 Å². The van der Waals surface area contributed by atoms with E-state index in [9.17, 15) is 13.2 Å². The Morgan fingerprint density at radius 2 is 2.12 bits per heavy atom. The molecule has 7 nitrogen and oxygen atoms in total. The fourth-order valence-electron chi connectivity index (χ4n) is 3.25. The van der Waals surface area contributed by atoms with Gasteiger partial charge in [0, 0.05) is 6.04 Å².